The van der Waals surface area contributed by atoms with E-state index in [1.807, 2.05) is 99.8 Å². The standard InChI is InChI=1S/C20H20N3.2C9H5F3N3.C9H8N3.4C8H7N4.C6H5NO2.3CH4.2ClH.5Pt/c1-19(2)14-8-10-20(19,3)18-15(14)17(22-23-18)16-13-7-5-4-6-12(13)9-11-21-16;2*10-9(11,12)8-5-7(14-15-8)6-3-1-2-4-13-6;1-7-6-9(12-11-7)8-4-2-3-5-10-8;2*1-6-4-7(12-11-6)8-5-9-2-3-10-8;2*1-6-10-8(12-11-6)7-4-2-3-5-9-7;8-6(9)5-3-1-2-4-7-5;;;;;;;;;;/h4-7,9,11,14H,8,10H2,1-3H3;2*1-5H;2-6H,1H3;4*2-5H,1H3;1-4H,(H,8,9);3*1H4;2*1H;;;;;/q8*-1;;;;;;;;4*+2/p-2. The maximum atomic E-state index is 12.2. The van der Waals surface area contributed by atoms with Gasteiger partial charge in [-0.1, -0.05) is 156 Å². The fourth-order valence-electron chi connectivity index (χ4n) is 12.4. The Balaban J connectivity index is 0.000000311. The molecule has 2 bridgehead atoms. The number of hydrogen-bond acceptors (Lipinski definition) is 22. The molecule has 1 fully saturated rings. The Morgan fingerprint density at radius 1 is 0.417 bits per heavy atom. The van der Waals surface area contributed by atoms with Gasteiger partial charge in [-0.3, -0.25) is 60.0 Å². The predicted molar refractivity (Wildman–Crippen MR) is 465 cm³/mol. The number of benzene rings is 1. The number of fused-ring (bicyclic) bond motifs is 6. The Morgan fingerprint density at radius 3 is 1.11 bits per heavy atom. The molecule has 2 aliphatic carbocycles. The van der Waals surface area contributed by atoms with Crippen LogP contribution in [0.5, 0.6) is 0 Å². The Labute approximate surface area is 830 Å². The second kappa shape index (κ2) is 54.3. The van der Waals surface area contributed by atoms with Crippen molar-refractivity contribution in [2.45, 2.75) is 114 Å². The van der Waals surface area contributed by atoms with Crippen LogP contribution in [-0.2, 0) is 119 Å². The molecule has 0 spiro atoms. The molecule has 2 unspecified atom stereocenters. The number of aryl methyl sites for hydroxylation is 5. The van der Waals surface area contributed by atoms with Gasteiger partial charge in [0.25, 0.3) is 0 Å². The number of carboxylic acids is 1. The van der Waals surface area contributed by atoms with Crippen molar-refractivity contribution in [1.29, 1.82) is 0 Å². The number of hydrogen-bond donors (Lipinski definition) is 1. The van der Waals surface area contributed by atoms with E-state index in [-0.39, 0.29) is 134 Å². The van der Waals surface area contributed by atoms with Crippen molar-refractivity contribution in [3.05, 3.63) is 307 Å². The molecule has 0 radical (unpaired) electrons. The molecule has 0 amide bonds. The normalized spacial score (nSPS) is 12.8. The maximum Gasteiger partial charge on any atom is 2.00 e. The molecule has 18 aromatic rings. The number of aromatic nitrogens is 29. The summed E-state index contributed by atoms with van der Waals surface area (Å²) in [7, 11) is 9.75. The van der Waals surface area contributed by atoms with Crippen molar-refractivity contribution in [1.82, 2.24) is 146 Å². The molecule has 1 aromatic carbocycles. The molecule has 0 aliphatic heterocycles. The number of halogens is 8. The molecule has 44 heteroatoms. The summed E-state index contributed by atoms with van der Waals surface area (Å²) in [5.41, 5.74) is 13.1. The van der Waals surface area contributed by atoms with E-state index in [9.17, 15) is 31.1 Å². The first kappa shape index (κ1) is 113. The van der Waals surface area contributed by atoms with Crippen molar-refractivity contribution < 1.29 is 137 Å². The van der Waals surface area contributed by atoms with Crippen LogP contribution in [0.4, 0.5) is 26.3 Å². The average Bonchev–Trinajstić information content (AvgIpc) is 1.52. The first-order chi connectivity index (χ1) is 60.2. The number of carboxylic acid groups (broad SMARTS) is 1. The minimum absolute atomic E-state index is 0. The second-order valence-electron chi connectivity index (χ2n) is 27.4. The monoisotopic (exact) mass is 2740 g/mol. The fraction of sp³-hybridized carbons (Fsp3) is 0.205. The summed E-state index contributed by atoms with van der Waals surface area (Å²) in [4.78, 5) is 62.8. The zero-order chi connectivity index (χ0) is 88.9. The van der Waals surface area contributed by atoms with E-state index in [1.54, 1.807) is 118 Å². The first-order valence-corrected chi connectivity index (χ1v) is 43.0. The van der Waals surface area contributed by atoms with E-state index < -0.39 is 46.2 Å². The number of rotatable bonds is 9. The molecule has 17 heterocycles. The smallest absolute Gasteiger partial charge is 0 e. The van der Waals surface area contributed by atoms with E-state index in [1.165, 1.54) is 59.5 Å². The third-order valence-electron chi connectivity index (χ3n) is 18.6. The van der Waals surface area contributed by atoms with Crippen LogP contribution in [0.1, 0.15) is 124 Å². The second-order valence-corrected chi connectivity index (χ2v) is 30.6. The average molecular weight is 2740 g/mol. The van der Waals surface area contributed by atoms with Gasteiger partial charge in [-0.15, -0.1) is 0 Å². The topological polar surface area (TPSA) is 421 Å². The Bertz CT molecular complexity index is 5780. The van der Waals surface area contributed by atoms with Crippen LogP contribution in [-0.4, -0.2) is 117 Å². The van der Waals surface area contributed by atoms with Crippen LogP contribution >= 0.6 is 18.8 Å². The van der Waals surface area contributed by atoms with E-state index in [4.69, 9.17) is 23.9 Å². The summed E-state index contributed by atoms with van der Waals surface area (Å²) in [5.74, 6) is 2.09. The Kier molecular flexibility index (Phi) is 46.4. The molecule has 1 saturated carbocycles. The van der Waals surface area contributed by atoms with Gasteiger partial charge in [0.15, 0.2) is 0 Å². The molecular weight excluding hydrogens is 2660 g/mol. The molecule has 0 saturated heterocycles. The van der Waals surface area contributed by atoms with Crippen LogP contribution in [0.25, 0.3) is 102 Å². The zero-order valence-electron chi connectivity index (χ0n) is 68.6. The minimum atomic E-state index is -4.46. The number of aromatic carboxylic acids is 1. The van der Waals surface area contributed by atoms with Crippen LogP contribution < -0.4 is 40.8 Å². The van der Waals surface area contributed by atoms with Gasteiger partial charge in [0, 0.05) is 152 Å². The van der Waals surface area contributed by atoms with E-state index in [2.05, 4.69) is 197 Å². The summed E-state index contributed by atoms with van der Waals surface area (Å²) in [6, 6.07) is 49.4. The summed E-state index contributed by atoms with van der Waals surface area (Å²) >= 11 is -0.472. The SMILES string of the molecule is C.C.C.CC12CCC(c3c1n[n-]c3-c1nccc3ccccc13)C2(C)C.Cc1cc(-c2ccccn2)[n-]n1.Cc1cc(-c2cnccn2)[n-]n1.Cc1cc(-c2cnccn2)[n-]n1.Cc1n[n-]c(-c2ccccn2)n1.Cc1n[n-]c(-c2ccccn2)n1.FC(F)(F)c1cc(-c2ccccn2)[n-]n1.FC(F)(F)c1cc(-c2ccccn2)[n-]n1.O=C(O)c1ccccn1.[Cl][Pt][Cl].[Pt+2].[Pt+2].[Pt+2].[Pt]. The van der Waals surface area contributed by atoms with Gasteiger partial charge in [-0.2, -0.15) is 26.3 Å². The molecule has 700 valence electrons. The predicted octanol–water partition coefficient (Wildman–Crippen LogP) is 17.3. The number of alkyl halides is 6. The van der Waals surface area contributed by atoms with E-state index >= 15 is 0 Å². The molecule has 1 N–H and O–H groups in total. The molecule has 31 nitrogen and oxygen atoms in total. The van der Waals surface area contributed by atoms with E-state index in [0.29, 0.717) is 40.6 Å². The summed E-state index contributed by atoms with van der Waals surface area (Å²) in [5, 5.41) is 71.7. The van der Waals surface area contributed by atoms with Gasteiger partial charge in [0.2, 0.25) is 0 Å². The summed E-state index contributed by atoms with van der Waals surface area (Å²) in [6.07, 6.45) is 14.9. The largest absolute Gasteiger partial charge is 2.00 e. The quantitative estimate of drug-likeness (QED) is 0.131. The third-order valence-corrected chi connectivity index (χ3v) is 18.6. The molecule has 20 rings (SSSR count). The summed E-state index contributed by atoms with van der Waals surface area (Å²) < 4.78 is 73.2. The van der Waals surface area contributed by atoms with Crippen molar-refractivity contribution in [3.63, 3.8) is 0 Å². The summed E-state index contributed by atoms with van der Waals surface area (Å²) in [6.45, 7) is 16.5. The van der Waals surface area contributed by atoms with Crippen LogP contribution in [0.2, 0.25) is 0 Å². The van der Waals surface area contributed by atoms with Gasteiger partial charge < -0.3 is 86.5 Å². The van der Waals surface area contributed by atoms with Crippen molar-refractivity contribution in [2.24, 2.45) is 5.41 Å². The third kappa shape index (κ3) is 31.2. The molecular formula is C88H83Cl2F6N29O2Pt5-2. The van der Waals surface area contributed by atoms with Gasteiger partial charge >= 0.3 is 117 Å². The Hall–Kier alpha value is -11.7. The van der Waals surface area contributed by atoms with Crippen LogP contribution in [0.15, 0.2) is 250 Å². The van der Waals surface area contributed by atoms with Crippen molar-refractivity contribution in [3.8, 4) is 91.4 Å². The number of carbonyl (C=O) groups is 1. The van der Waals surface area contributed by atoms with Gasteiger partial charge in [-0.05, 0) is 172 Å². The van der Waals surface area contributed by atoms with Gasteiger partial charge in [0.1, 0.15) is 17.1 Å². The first-order valence-electron chi connectivity index (χ1n) is 37.4. The van der Waals surface area contributed by atoms with Crippen molar-refractivity contribution >= 4 is 35.6 Å². The Morgan fingerprint density at radius 2 is 0.780 bits per heavy atom. The fourth-order valence-corrected chi connectivity index (χ4v) is 12.4. The number of pyridine rings is 7. The molecule has 2 aliphatic rings. The maximum absolute atomic E-state index is 12.2. The van der Waals surface area contributed by atoms with Crippen molar-refractivity contribution in [2.75, 3.05) is 0 Å². The zero-order valence-corrected chi connectivity index (χ0v) is 81.5. The van der Waals surface area contributed by atoms with Crippen LogP contribution in [0, 0.1) is 40.0 Å². The minimum Gasteiger partial charge on any atom is 0 e. The van der Waals surface area contributed by atoms with Gasteiger partial charge in [0.05, 0.1) is 40.9 Å². The van der Waals surface area contributed by atoms with Crippen LogP contribution in [0.3, 0.4) is 0 Å². The molecule has 17 aromatic heterocycles. The van der Waals surface area contributed by atoms with E-state index in [0.717, 1.165) is 86.2 Å². The molecule has 2 atom stereocenters. The van der Waals surface area contributed by atoms with Gasteiger partial charge in [-0.25, -0.2) is 9.78 Å². The molecule has 132 heavy (non-hydrogen) atoms. The number of nitrogens with zero attached hydrogens (tertiary/aromatic N) is 29.